The average molecular weight is 468 g/mol. The maximum Gasteiger partial charge on any atom is 0.164 e. The Balaban J connectivity index is 1.42. The molecule has 0 spiro atoms. The molecule has 1 saturated heterocycles. The van der Waals surface area contributed by atoms with Gasteiger partial charge in [0.25, 0.3) is 0 Å². The van der Waals surface area contributed by atoms with Crippen LogP contribution in [0, 0.1) is 5.82 Å². The molecular formula is C23H23ClFN7O. The van der Waals surface area contributed by atoms with Crippen LogP contribution in [0.5, 0.6) is 0 Å². The molecule has 0 unspecified atom stereocenters. The number of ether oxygens (including phenoxy) is 1. The maximum atomic E-state index is 13.4. The number of hydrogen-bond acceptors (Lipinski definition) is 7. The Kier molecular flexibility index (Phi) is 6.17. The molecule has 0 radical (unpaired) electrons. The summed E-state index contributed by atoms with van der Waals surface area (Å²) in [7, 11) is 1.65. The first-order valence-corrected chi connectivity index (χ1v) is 11.0. The number of nitrogens with zero attached hydrogens (tertiary/aromatic N) is 7. The summed E-state index contributed by atoms with van der Waals surface area (Å²) >= 11 is 6.23. The zero-order valence-electron chi connectivity index (χ0n) is 18.2. The van der Waals surface area contributed by atoms with Crippen molar-refractivity contribution in [1.29, 1.82) is 0 Å². The van der Waals surface area contributed by atoms with Gasteiger partial charge in [0.2, 0.25) is 0 Å². The lowest BCUT2D eigenvalue weighted by Crippen LogP contribution is -2.46. The molecule has 0 amide bonds. The lowest BCUT2D eigenvalue weighted by atomic mass is 10.2. The van der Waals surface area contributed by atoms with Gasteiger partial charge in [-0.2, -0.15) is 0 Å². The van der Waals surface area contributed by atoms with Crippen LogP contribution in [0.25, 0.3) is 22.6 Å². The van der Waals surface area contributed by atoms with Crippen LogP contribution < -0.4 is 4.90 Å². The number of anilines is 1. The minimum atomic E-state index is -0.322. The summed E-state index contributed by atoms with van der Waals surface area (Å²) in [5.41, 5.74) is 3.14. The Morgan fingerprint density at radius 3 is 2.70 bits per heavy atom. The lowest BCUT2D eigenvalue weighted by Gasteiger charge is -2.36. The van der Waals surface area contributed by atoms with E-state index in [1.807, 2.05) is 16.8 Å². The van der Waals surface area contributed by atoms with E-state index in [9.17, 15) is 4.39 Å². The second-order valence-electron chi connectivity index (χ2n) is 7.90. The predicted octanol–water partition coefficient (Wildman–Crippen LogP) is 3.61. The molecule has 0 atom stereocenters. The Morgan fingerprint density at radius 2 is 1.91 bits per heavy atom. The first kappa shape index (κ1) is 21.7. The monoisotopic (exact) mass is 467 g/mol. The number of piperazine rings is 1. The van der Waals surface area contributed by atoms with Crippen LogP contribution >= 0.6 is 11.6 Å². The second kappa shape index (κ2) is 9.38. The van der Waals surface area contributed by atoms with Crippen molar-refractivity contribution in [3.05, 3.63) is 65.5 Å². The third kappa shape index (κ3) is 4.52. The molecule has 1 aliphatic rings. The number of fused-ring (bicyclic) bond motifs is 1. The van der Waals surface area contributed by atoms with Crippen LogP contribution in [0.15, 0.2) is 49.1 Å². The number of hydrogen-bond donors (Lipinski definition) is 0. The van der Waals surface area contributed by atoms with E-state index in [0.29, 0.717) is 29.8 Å². The van der Waals surface area contributed by atoms with Crippen molar-refractivity contribution in [3.8, 4) is 11.5 Å². The number of aromatic nitrogens is 5. The van der Waals surface area contributed by atoms with Crippen LogP contribution in [0.2, 0.25) is 5.02 Å². The lowest BCUT2D eigenvalue weighted by molar-refractivity contribution is 0.132. The summed E-state index contributed by atoms with van der Waals surface area (Å²) in [6.07, 6.45) is 7.04. The van der Waals surface area contributed by atoms with Crippen molar-refractivity contribution < 1.29 is 9.13 Å². The van der Waals surface area contributed by atoms with Crippen molar-refractivity contribution in [1.82, 2.24) is 29.4 Å². The van der Waals surface area contributed by atoms with Crippen molar-refractivity contribution in [2.24, 2.45) is 0 Å². The van der Waals surface area contributed by atoms with Gasteiger partial charge in [0.05, 0.1) is 11.7 Å². The third-order valence-corrected chi connectivity index (χ3v) is 6.08. The molecule has 1 fully saturated rings. The molecule has 33 heavy (non-hydrogen) atoms. The highest BCUT2D eigenvalue weighted by molar-refractivity contribution is 6.31. The SMILES string of the molecule is COCn1ccnc1-c1nc2ccncc2nc1N1CCN(Cc2ccc(F)cc2Cl)CC1. The van der Waals surface area contributed by atoms with E-state index >= 15 is 0 Å². The highest BCUT2D eigenvalue weighted by atomic mass is 35.5. The summed E-state index contributed by atoms with van der Waals surface area (Å²) in [4.78, 5) is 23.1. The van der Waals surface area contributed by atoms with E-state index in [-0.39, 0.29) is 5.82 Å². The molecule has 170 valence electrons. The highest BCUT2D eigenvalue weighted by Gasteiger charge is 2.25. The maximum absolute atomic E-state index is 13.4. The van der Waals surface area contributed by atoms with Gasteiger partial charge in [-0.1, -0.05) is 17.7 Å². The van der Waals surface area contributed by atoms with Crippen LogP contribution in [-0.4, -0.2) is 62.7 Å². The minimum Gasteiger partial charge on any atom is -0.364 e. The largest absolute Gasteiger partial charge is 0.364 e. The van der Waals surface area contributed by atoms with Gasteiger partial charge in [0.1, 0.15) is 23.8 Å². The van der Waals surface area contributed by atoms with Gasteiger partial charge in [0.15, 0.2) is 11.6 Å². The highest BCUT2D eigenvalue weighted by Crippen LogP contribution is 2.30. The molecule has 10 heteroatoms. The molecule has 5 rings (SSSR count). The van der Waals surface area contributed by atoms with Crippen molar-refractivity contribution >= 4 is 28.5 Å². The Bertz CT molecular complexity index is 1270. The molecule has 0 N–H and O–H groups in total. The average Bonchev–Trinajstić information content (AvgIpc) is 3.29. The van der Waals surface area contributed by atoms with E-state index in [2.05, 4.69) is 19.8 Å². The fraction of sp³-hybridized carbons (Fsp3) is 0.304. The van der Waals surface area contributed by atoms with Gasteiger partial charge >= 0.3 is 0 Å². The van der Waals surface area contributed by atoms with Gasteiger partial charge in [-0.05, 0) is 23.8 Å². The van der Waals surface area contributed by atoms with Gasteiger partial charge in [0, 0.05) is 63.4 Å². The number of imidazole rings is 1. The predicted molar refractivity (Wildman–Crippen MR) is 124 cm³/mol. The molecule has 1 aromatic carbocycles. The molecule has 8 nitrogen and oxygen atoms in total. The van der Waals surface area contributed by atoms with Gasteiger partial charge < -0.3 is 14.2 Å². The summed E-state index contributed by atoms with van der Waals surface area (Å²) in [6, 6.07) is 6.41. The molecule has 0 saturated carbocycles. The van der Waals surface area contributed by atoms with E-state index in [4.69, 9.17) is 26.3 Å². The summed E-state index contributed by atoms with van der Waals surface area (Å²) in [5, 5.41) is 0.456. The number of pyridine rings is 1. The molecule has 4 aromatic rings. The van der Waals surface area contributed by atoms with Crippen LogP contribution in [-0.2, 0) is 18.0 Å². The standard InChI is InChI=1S/C23H23ClFN7O/c1-33-15-32-7-6-27-22(32)21-23(29-20-13-26-5-4-19(20)28-21)31-10-8-30(9-11-31)14-16-2-3-17(25)12-18(16)24/h2-7,12-13H,8-11,14-15H2,1H3. The van der Waals surface area contributed by atoms with Gasteiger partial charge in [-0.3, -0.25) is 9.88 Å². The Hall–Kier alpha value is -3.14. The summed E-state index contributed by atoms with van der Waals surface area (Å²) in [5.74, 6) is 1.16. The van der Waals surface area contributed by atoms with Crippen LogP contribution in [0.4, 0.5) is 10.2 Å². The quantitative estimate of drug-likeness (QED) is 0.429. The number of methoxy groups -OCH3 is 1. The van der Waals surface area contributed by atoms with Gasteiger partial charge in [-0.15, -0.1) is 0 Å². The van der Waals surface area contributed by atoms with Gasteiger partial charge in [-0.25, -0.2) is 19.3 Å². The fourth-order valence-corrected chi connectivity index (χ4v) is 4.27. The zero-order valence-corrected chi connectivity index (χ0v) is 18.9. The van der Waals surface area contributed by atoms with Crippen molar-refractivity contribution in [3.63, 3.8) is 0 Å². The molecular weight excluding hydrogens is 445 g/mol. The molecule has 4 heterocycles. The summed E-state index contributed by atoms with van der Waals surface area (Å²) < 4.78 is 20.6. The Morgan fingerprint density at radius 1 is 1.06 bits per heavy atom. The van der Waals surface area contributed by atoms with E-state index < -0.39 is 0 Å². The molecule has 1 aliphatic heterocycles. The van der Waals surface area contributed by atoms with E-state index in [1.165, 1.54) is 12.1 Å². The Labute approximate surface area is 195 Å². The van der Waals surface area contributed by atoms with E-state index in [0.717, 1.165) is 48.6 Å². The van der Waals surface area contributed by atoms with Crippen LogP contribution in [0.3, 0.4) is 0 Å². The first-order valence-electron chi connectivity index (χ1n) is 10.7. The third-order valence-electron chi connectivity index (χ3n) is 5.72. The normalized spacial score (nSPS) is 14.8. The fourth-order valence-electron chi connectivity index (χ4n) is 4.05. The molecule has 0 aliphatic carbocycles. The smallest absolute Gasteiger partial charge is 0.164 e. The summed E-state index contributed by atoms with van der Waals surface area (Å²) in [6.45, 7) is 4.19. The van der Waals surface area contributed by atoms with E-state index in [1.54, 1.807) is 31.8 Å². The van der Waals surface area contributed by atoms with Crippen molar-refractivity contribution in [2.45, 2.75) is 13.3 Å². The second-order valence-corrected chi connectivity index (χ2v) is 8.30. The molecule has 0 bridgehead atoms. The topological polar surface area (TPSA) is 72.2 Å². The minimum absolute atomic E-state index is 0.322. The first-order chi connectivity index (χ1) is 16.1. The van der Waals surface area contributed by atoms with Crippen molar-refractivity contribution in [2.75, 3.05) is 38.2 Å². The zero-order chi connectivity index (χ0) is 22.8. The van der Waals surface area contributed by atoms with Crippen LogP contribution in [0.1, 0.15) is 5.56 Å². The number of rotatable bonds is 6. The number of halogens is 2. The number of benzene rings is 1. The molecule has 3 aromatic heterocycles.